The van der Waals surface area contributed by atoms with Gasteiger partial charge < -0.3 is 25.4 Å². The largest absolute Gasteiger partial charge is 0.383 e. The molecule has 2 atom stereocenters. The Morgan fingerprint density at radius 1 is 1.19 bits per heavy atom. The zero-order chi connectivity index (χ0) is 26.4. The van der Waals surface area contributed by atoms with Crippen molar-refractivity contribution in [1.29, 1.82) is 0 Å². The number of aromatic nitrogens is 2. The van der Waals surface area contributed by atoms with E-state index >= 15 is 0 Å². The van der Waals surface area contributed by atoms with Crippen molar-refractivity contribution >= 4 is 23.2 Å². The number of hydrogen-bond donors (Lipinski definition) is 3. The molecule has 7 nitrogen and oxygen atoms in total. The molecule has 1 aliphatic heterocycles. The lowest BCUT2D eigenvalue weighted by Crippen LogP contribution is -2.42. The van der Waals surface area contributed by atoms with Gasteiger partial charge in [0.15, 0.2) is 11.6 Å². The number of rotatable bonds is 10. The Bertz CT molecular complexity index is 1030. The van der Waals surface area contributed by atoms with Crippen LogP contribution in [0, 0.1) is 11.7 Å². The van der Waals surface area contributed by atoms with Gasteiger partial charge in [0.2, 0.25) is 0 Å². The fourth-order valence-electron chi connectivity index (χ4n) is 5.52. The molecule has 0 aromatic carbocycles. The zero-order valence-electron chi connectivity index (χ0n) is 22.4. The Labute approximate surface area is 225 Å². The van der Waals surface area contributed by atoms with Crippen LogP contribution in [0.2, 0.25) is 5.02 Å². The summed E-state index contributed by atoms with van der Waals surface area (Å²) in [6, 6.07) is 6.24. The third-order valence-corrected chi connectivity index (χ3v) is 7.65. The summed E-state index contributed by atoms with van der Waals surface area (Å²) >= 11 is 6.51. The first-order valence-corrected chi connectivity index (χ1v) is 13.8. The number of nitrogens with one attached hydrogen (secondary N) is 3. The molecule has 0 radical (unpaired) electrons. The van der Waals surface area contributed by atoms with Gasteiger partial charge in [-0.25, -0.2) is 14.4 Å². The first-order valence-electron chi connectivity index (χ1n) is 13.4. The molecule has 0 bridgehead atoms. The minimum atomic E-state index is -0.371. The van der Waals surface area contributed by atoms with E-state index in [0.717, 1.165) is 63.1 Å². The predicted molar refractivity (Wildman–Crippen MR) is 148 cm³/mol. The number of nitrogens with zero attached hydrogens (tertiary/aromatic N) is 2. The Kier molecular flexibility index (Phi) is 9.62. The van der Waals surface area contributed by atoms with Gasteiger partial charge in [-0.2, -0.15) is 0 Å². The van der Waals surface area contributed by atoms with Crippen LogP contribution in [0.25, 0.3) is 11.3 Å². The Morgan fingerprint density at radius 3 is 2.68 bits per heavy atom. The van der Waals surface area contributed by atoms with E-state index in [0.29, 0.717) is 41.3 Å². The van der Waals surface area contributed by atoms with Crippen LogP contribution in [-0.2, 0) is 9.47 Å². The minimum Gasteiger partial charge on any atom is -0.383 e. The van der Waals surface area contributed by atoms with E-state index in [-0.39, 0.29) is 17.2 Å². The van der Waals surface area contributed by atoms with Gasteiger partial charge in [0.25, 0.3) is 0 Å². The number of ether oxygens (including phenoxy) is 2. The van der Waals surface area contributed by atoms with Crippen LogP contribution < -0.4 is 16.0 Å². The van der Waals surface area contributed by atoms with E-state index in [2.05, 4.69) is 46.7 Å². The van der Waals surface area contributed by atoms with Gasteiger partial charge in [0.1, 0.15) is 5.82 Å². The summed E-state index contributed by atoms with van der Waals surface area (Å²) in [6.45, 7) is 8.45. The van der Waals surface area contributed by atoms with E-state index < -0.39 is 0 Å². The highest BCUT2D eigenvalue weighted by molar-refractivity contribution is 6.33. The fraction of sp³-hybridized carbons (Fsp3) is 0.643. The zero-order valence-corrected chi connectivity index (χ0v) is 23.2. The quantitative estimate of drug-likeness (QED) is 0.351. The second-order valence-corrected chi connectivity index (χ2v) is 11.5. The highest BCUT2D eigenvalue weighted by Gasteiger charge is 2.29. The monoisotopic (exact) mass is 533 g/mol. The number of halogens is 2. The first-order chi connectivity index (χ1) is 17.7. The lowest BCUT2D eigenvalue weighted by molar-refractivity contribution is -0.0699. The minimum absolute atomic E-state index is 0.148. The second kappa shape index (κ2) is 12.7. The van der Waals surface area contributed by atoms with E-state index in [1.807, 2.05) is 6.07 Å². The molecule has 0 amide bonds. The lowest BCUT2D eigenvalue weighted by atomic mass is 9.88. The maximum absolute atomic E-state index is 14.6. The molecule has 3 heterocycles. The van der Waals surface area contributed by atoms with Crippen LogP contribution in [0.15, 0.2) is 24.4 Å². The molecule has 2 aliphatic rings. The summed E-state index contributed by atoms with van der Waals surface area (Å²) in [5.41, 5.74) is 1.20. The summed E-state index contributed by atoms with van der Waals surface area (Å²) in [6.07, 6.45) is 7.84. The van der Waals surface area contributed by atoms with Gasteiger partial charge in [-0.15, -0.1) is 0 Å². The normalized spacial score (nSPS) is 24.4. The van der Waals surface area contributed by atoms with Crippen LogP contribution in [0.4, 0.5) is 16.0 Å². The molecule has 0 spiro atoms. The van der Waals surface area contributed by atoms with Crippen LogP contribution in [0.1, 0.15) is 59.3 Å². The van der Waals surface area contributed by atoms with Crippen molar-refractivity contribution in [2.24, 2.45) is 5.92 Å². The van der Waals surface area contributed by atoms with Crippen LogP contribution in [0.5, 0.6) is 0 Å². The van der Waals surface area contributed by atoms with Crippen molar-refractivity contribution in [1.82, 2.24) is 15.3 Å². The average Bonchev–Trinajstić information content (AvgIpc) is 2.85. The fourth-order valence-corrected chi connectivity index (χ4v) is 5.72. The topological polar surface area (TPSA) is 80.3 Å². The van der Waals surface area contributed by atoms with Gasteiger partial charge in [-0.3, -0.25) is 0 Å². The molecule has 1 aliphatic carbocycles. The summed E-state index contributed by atoms with van der Waals surface area (Å²) in [4.78, 5) is 9.09. The van der Waals surface area contributed by atoms with Crippen molar-refractivity contribution in [3.63, 3.8) is 0 Å². The van der Waals surface area contributed by atoms with Gasteiger partial charge >= 0.3 is 0 Å². The number of methoxy groups -OCH3 is 1. The van der Waals surface area contributed by atoms with Crippen molar-refractivity contribution in [2.75, 3.05) is 37.5 Å². The van der Waals surface area contributed by atoms with E-state index in [1.54, 1.807) is 19.4 Å². The first kappa shape index (κ1) is 28.0. The Balaban J connectivity index is 1.38. The maximum atomic E-state index is 14.6. The molecule has 37 heavy (non-hydrogen) atoms. The van der Waals surface area contributed by atoms with Crippen LogP contribution in [0.3, 0.4) is 0 Å². The molecule has 9 heteroatoms. The molecule has 2 aromatic rings. The molecule has 1 saturated carbocycles. The summed E-state index contributed by atoms with van der Waals surface area (Å²) in [7, 11) is 1.74. The predicted octanol–water partition coefficient (Wildman–Crippen LogP) is 5.90. The molecule has 3 N–H and O–H groups in total. The Hall–Kier alpha value is -2.00. The van der Waals surface area contributed by atoms with E-state index in [4.69, 9.17) is 21.1 Å². The summed E-state index contributed by atoms with van der Waals surface area (Å²) in [5, 5.41) is 10.9. The second-order valence-electron chi connectivity index (χ2n) is 11.1. The van der Waals surface area contributed by atoms with E-state index in [1.165, 1.54) is 6.07 Å². The summed E-state index contributed by atoms with van der Waals surface area (Å²) < 4.78 is 25.7. The number of hydrogen-bond acceptors (Lipinski definition) is 7. The molecular weight excluding hydrogens is 493 g/mol. The SMILES string of the molecule is COC[C@H](C)N[C@H]1CC[C@H](Nc2cc(-c3ccc(F)c(NCC4CCOC(C)(C)C4)n3)c(Cl)cn2)CC1. The van der Waals surface area contributed by atoms with Gasteiger partial charge in [0, 0.05) is 50.1 Å². The van der Waals surface area contributed by atoms with Crippen molar-refractivity contribution < 1.29 is 13.9 Å². The lowest BCUT2D eigenvalue weighted by Gasteiger charge is -2.35. The van der Waals surface area contributed by atoms with Gasteiger partial charge in [-0.05, 0) is 83.4 Å². The average molecular weight is 534 g/mol. The van der Waals surface area contributed by atoms with Gasteiger partial charge in [-0.1, -0.05) is 11.6 Å². The smallest absolute Gasteiger partial charge is 0.165 e. The molecular formula is C28H41ClFN5O2. The number of pyridine rings is 2. The maximum Gasteiger partial charge on any atom is 0.165 e. The van der Waals surface area contributed by atoms with Crippen molar-refractivity contribution in [3.05, 3.63) is 35.2 Å². The highest BCUT2D eigenvalue weighted by Crippen LogP contribution is 2.32. The molecule has 1 saturated heterocycles. The highest BCUT2D eigenvalue weighted by atomic mass is 35.5. The molecule has 204 valence electrons. The molecule has 1 unspecified atom stereocenters. The van der Waals surface area contributed by atoms with Crippen LogP contribution in [-0.4, -0.2) is 60.6 Å². The third-order valence-electron chi connectivity index (χ3n) is 7.35. The Morgan fingerprint density at radius 2 is 1.95 bits per heavy atom. The number of anilines is 2. The molecule has 2 aromatic heterocycles. The molecule has 4 rings (SSSR count). The van der Waals surface area contributed by atoms with Crippen molar-refractivity contribution in [2.45, 2.75) is 83.0 Å². The third kappa shape index (κ3) is 7.99. The van der Waals surface area contributed by atoms with Crippen LogP contribution >= 0.6 is 11.6 Å². The summed E-state index contributed by atoms with van der Waals surface area (Å²) in [5.74, 6) is 1.04. The van der Waals surface area contributed by atoms with Gasteiger partial charge in [0.05, 0.1) is 22.9 Å². The standard InChI is InChI=1S/C28H41ClFN5O2/c1-18(17-36-4)33-20-5-7-21(8-6-20)34-26-13-22(23(29)16-31-26)25-10-9-24(30)27(35-25)32-15-19-11-12-37-28(2,3)14-19/h9-10,13,16,18-21,33H,5-8,11-12,14-15,17H2,1-4H3,(H,31,34)(H,32,35)/t18-,19?,20-,21-/m0/s1. The molecule has 2 fully saturated rings. The van der Waals surface area contributed by atoms with Crippen molar-refractivity contribution in [3.8, 4) is 11.3 Å². The van der Waals surface area contributed by atoms with E-state index in [9.17, 15) is 4.39 Å².